The molecule has 0 fully saturated rings. The summed E-state index contributed by atoms with van der Waals surface area (Å²) in [6, 6.07) is 0. The summed E-state index contributed by atoms with van der Waals surface area (Å²) >= 11 is 3.31. The van der Waals surface area contributed by atoms with Gasteiger partial charge in [-0.15, -0.1) is 0 Å². The molecule has 0 aliphatic rings. The third-order valence-electron chi connectivity index (χ3n) is 0.487. The Labute approximate surface area is 67.6 Å². The van der Waals surface area contributed by atoms with E-state index in [1.807, 2.05) is 26.0 Å². The molecule has 1 nitrogen and oxygen atoms in total. The van der Waals surface area contributed by atoms with Crippen LogP contribution in [0, 0.1) is 0 Å². The van der Waals surface area contributed by atoms with Crippen LogP contribution in [0.15, 0.2) is 0 Å². The van der Waals surface area contributed by atoms with Gasteiger partial charge in [0.15, 0.2) is 0 Å². The maximum absolute atomic E-state index is 3.31. The Morgan fingerprint density at radius 2 is 1.56 bits per heavy atom. The van der Waals surface area contributed by atoms with Crippen LogP contribution in [0.2, 0.25) is 0 Å². The van der Waals surface area contributed by atoms with Gasteiger partial charge in [0.1, 0.15) is 0 Å². The van der Waals surface area contributed by atoms with Gasteiger partial charge in [-0.1, -0.05) is 29.3 Å². The van der Waals surface area contributed by atoms with Gasteiger partial charge in [0.2, 0.25) is 0 Å². The van der Waals surface area contributed by atoms with Gasteiger partial charge < -0.3 is 4.90 Å². The Morgan fingerprint density at radius 1 is 1.22 bits per heavy atom. The Bertz CT molecular complexity index is 33.1. The number of unbranched alkanes of at least 4 members (excludes halogenated alkanes) is 1. The summed E-state index contributed by atoms with van der Waals surface area (Å²) in [6.45, 7) is 2.18. The monoisotopic (exact) mass is 195 g/mol. The van der Waals surface area contributed by atoms with E-state index in [0.717, 1.165) is 5.33 Å². The molecule has 0 unspecified atom stereocenters. The Morgan fingerprint density at radius 3 is 1.56 bits per heavy atom. The smallest absolute Gasteiger partial charge is 0.00312 e. The minimum Gasteiger partial charge on any atom is -0.312 e. The minimum absolute atomic E-state index is 1.16. The molecule has 0 N–H and O–H groups in total. The van der Waals surface area contributed by atoms with Crippen molar-refractivity contribution in [1.82, 2.24) is 4.90 Å². The molecule has 0 spiro atoms. The lowest BCUT2D eigenvalue weighted by Crippen LogP contribution is -1.99. The summed E-state index contributed by atoms with van der Waals surface area (Å²) in [5.74, 6) is 0. The molecule has 58 valence electrons. The molecular weight excluding hydrogens is 178 g/mol. The standard InChI is InChI=1S/C4H9Br.C3H9N/c1-2-3-4-5;1-4(2)3/h2-4H2,1H3;1-3H3. The molecule has 0 saturated carbocycles. The van der Waals surface area contributed by atoms with Crippen LogP contribution in [0.3, 0.4) is 0 Å². The number of nitrogens with zero attached hydrogens (tertiary/aromatic N) is 1. The van der Waals surface area contributed by atoms with E-state index in [1.165, 1.54) is 12.8 Å². The van der Waals surface area contributed by atoms with Crippen LogP contribution in [0.1, 0.15) is 19.8 Å². The molecule has 0 aromatic carbocycles. The highest BCUT2D eigenvalue weighted by atomic mass is 79.9. The van der Waals surface area contributed by atoms with Crippen LogP contribution in [0.25, 0.3) is 0 Å². The van der Waals surface area contributed by atoms with Gasteiger partial charge in [0.25, 0.3) is 0 Å². The second-order valence-electron chi connectivity index (χ2n) is 2.38. The van der Waals surface area contributed by atoms with Crippen molar-refractivity contribution in [3.8, 4) is 0 Å². The molecule has 0 heterocycles. The molecule has 0 aromatic heterocycles. The third kappa shape index (κ3) is 58.8. The molecule has 0 aromatic rings. The summed E-state index contributed by atoms with van der Waals surface area (Å²) in [5.41, 5.74) is 0. The van der Waals surface area contributed by atoms with Crippen molar-refractivity contribution >= 4 is 15.9 Å². The van der Waals surface area contributed by atoms with Gasteiger partial charge in [-0.25, -0.2) is 0 Å². The van der Waals surface area contributed by atoms with Crippen LogP contribution in [0.5, 0.6) is 0 Å². The fraction of sp³-hybridized carbons (Fsp3) is 1.00. The van der Waals surface area contributed by atoms with Gasteiger partial charge in [0.05, 0.1) is 0 Å². The average Bonchev–Trinajstić information content (AvgIpc) is 1.66. The number of hydrogen-bond acceptors (Lipinski definition) is 1. The van der Waals surface area contributed by atoms with E-state index in [4.69, 9.17) is 0 Å². The van der Waals surface area contributed by atoms with Crippen LogP contribution in [0.4, 0.5) is 0 Å². The van der Waals surface area contributed by atoms with Crippen LogP contribution >= 0.6 is 15.9 Å². The maximum atomic E-state index is 3.31. The van der Waals surface area contributed by atoms with Crippen molar-refractivity contribution in [2.24, 2.45) is 0 Å². The molecule has 0 saturated heterocycles. The first-order valence-electron chi connectivity index (χ1n) is 3.32. The molecule has 0 radical (unpaired) electrons. The fourth-order valence-corrected chi connectivity index (χ4v) is 0.694. The zero-order valence-corrected chi connectivity index (χ0v) is 8.53. The van der Waals surface area contributed by atoms with Crippen molar-refractivity contribution in [1.29, 1.82) is 0 Å². The average molecular weight is 196 g/mol. The Kier molecular flexibility index (Phi) is 15.2. The number of halogens is 1. The SMILES string of the molecule is CCCCBr.CN(C)C. The van der Waals surface area contributed by atoms with E-state index in [1.54, 1.807) is 0 Å². The Hall–Kier alpha value is 0.440. The quantitative estimate of drug-likeness (QED) is 0.613. The highest BCUT2D eigenvalue weighted by Crippen LogP contribution is 1.89. The van der Waals surface area contributed by atoms with E-state index in [2.05, 4.69) is 22.9 Å². The van der Waals surface area contributed by atoms with Crippen molar-refractivity contribution in [3.63, 3.8) is 0 Å². The van der Waals surface area contributed by atoms with Gasteiger partial charge in [-0.05, 0) is 27.6 Å². The second kappa shape index (κ2) is 11.3. The summed E-state index contributed by atoms with van der Waals surface area (Å²) in [5, 5.41) is 1.16. The van der Waals surface area contributed by atoms with Gasteiger partial charge in [-0.3, -0.25) is 0 Å². The summed E-state index contributed by atoms with van der Waals surface area (Å²) < 4.78 is 0. The first-order chi connectivity index (χ1) is 4.15. The minimum atomic E-state index is 1.16. The zero-order valence-electron chi connectivity index (χ0n) is 6.95. The summed E-state index contributed by atoms with van der Waals surface area (Å²) in [4.78, 5) is 2.00. The van der Waals surface area contributed by atoms with Crippen LogP contribution in [-0.2, 0) is 0 Å². The number of rotatable bonds is 2. The van der Waals surface area contributed by atoms with Gasteiger partial charge in [0, 0.05) is 5.33 Å². The lowest BCUT2D eigenvalue weighted by molar-refractivity contribution is 0.505. The predicted octanol–water partition coefficient (Wildman–Crippen LogP) is 2.36. The third-order valence-corrected chi connectivity index (χ3v) is 1.05. The van der Waals surface area contributed by atoms with E-state index >= 15 is 0 Å². The van der Waals surface area contributed by atoms with Crippen LogP contribution < -0.4 is 0 Å². The summed E-state index contributed by atoms with van der Waals surface area (Å²) in [6.07, 6.45) is 2.60. The molecule has 2 heteroatoms. The molecule has 0 rings (SSSR count). The Balaban J connectivity index is 0. The summed E-state index contributed by atoms with van der Waals surface area (Å²) in [7, 11) is 6.00. The first-order valence-corrected chi connectivity index (χ1v) is 4.44. The molecule has 0 atom stereocenters. The molecule has 0 amide bonds. The fourth-order valence-electron chi connectivity index (χ4n) is 0.134. The molecule has 0 aliphatic heterocycles. The van der Waals surface area contributed by atoms with E-state index in [0.29, 0.717) is 0 Å². The van der Waals surface area contributed by atoms with E-state index < -0.39 is 0 Å². The topological polar surface area (TPSA) is 3.24 Å². The zero-order chi connectivity index (χ0) is 7.70. The van der Waals surface area contributed by atoms with Crippen molar-refractivity contribution < 1.29 is 0 Å². The van der Waals surface area contributed by atoms with Crippen LogP contribution in [-0.4, -0.2) is 31.4 Å². The molecule has 0 aliphatic carbocycles. The molecular formula is C7H18BrN. The lowest BCUT2D eigenvalue weighted by Gasteiger charge is -1.90. The predicted molar refractivity (Wildman–Crippen MR) is 48.3 cm³/mol. The maximum Gasteiger partial charge on any atom is 0.00312 e. The van der Waals surface area contributed by atoms with E-state index in [-0.39, 0.29) is 0 Å². The van der Waals surface area contributed by atoms with Crippen molar-refractivity contribution in [3.05, 3.63) is 0 Å². The first kappa shape index (κ1) is 12.1. The van der Waals surface area contributed by atoms with E-state index in [9.17, 15) is 0 Å². The molecule has 0 bridgehead atoms. The highest BCUT2D eigenvalue weighted by Gasteiger charge is 1.69. The number of alkyl halides is 1. The second-order valence-corrected chi connectivity index (χ2v) is 3.18. The normalized spacial score (nSPS) is 8.67. The van der Waals surface area contributed by atoms with Gasteiger partial charge >= 0.3 is 0 Å². The molecule has 9 heavy (non-hydrogen) atoms. The van der Waals surface area contributed by atoms with Crippen molar-refractivity contribution in [2.75, 3.05) is 26.5 Å². The largest absolute Gasteiger partial charge is 0.312 e. The van der Waals surface area contributed by atoms with Crippen molar-refractivity contribution in [2.45, 2.75) is 19.8 Å². The lowest BCUT2D eigenvalue weighted by atomic mass is 10.4. The number of hydrogen-bond donors (Lipinski definition) is 0. The van der Waals surface area contributed by atoms with Gasteiger partial charge in [-0.2, -0.15) is 0 Å². The highest BCUT2D eigenvalue weighted by molar-refractivity contribution is 9.09.